The molecule has 0 atom stereocenters. The topological polar surface area (TPSA) is 195 Å². The molecule has 5 rings (SSSR count). The first-order chi connectivity index (χ1) is 21.4. The standard InChI is InChI=1S/C30H29N11O3/c31-16-21-2-8-27(37-17-21)35-11-12-36-30(42)25-19-39(14-1-10-34-28-9-7-26(41(43)44)29(32)38-28)18-24(25)22-3-5-23(6-4-22)40-15-13-33-20-40/h2-9,13,15,17-20H,1,10-12,14H2,(H,35,37)(H,36,42)(H3,32,34,38). The van der Waals surface area contributed by atoms with Gasteiger partial charge in [-0.1, -0.05) is 12.1 Å². The van der Waals surface area contributed by atoms with Crippen molar-refractivity contribution in [3.05, 3.63) is 107 Å². The Hall–Kier alpha value is -6.23. The zero-order valence-electron chi connectivity index (χ0n) is 23.6. The molecule has 0 unspecified atom stereocenters. The van der Waals surface area contributed by atoms with Crippen molar-refractivity contribution in [1.29, 1.82) is 5.26 Å². The van der Waals surface area contributed by atoms with Crippen molar-refractivity contribution in [1.82, 2.24) is 29.4 Å². The summed E-state index contributed by atoms with van der Waals surface area (Å²) in [5.74, 6) is 0.705. The maximum absolute atomic E-state index is 13.3. The lowest BCUT2D eigenvalue weighted by molar-refractivity contribution is -0.384. The van der Waals surface area contributed by atoms with Crippen LogP contribution in [0.2, 0.25) is 0 Å². The number of carbonyl (C=O) groups excluding carboxylic acids is 1. The lowest BCUT2D eigenvalue weighted by Crippen LogP contribution is -2.29. The van der Waals surface area contributed by atoms with Crippen LogP contribution in [-0.4, -0.2) is 54.6 Å². The maximum Gasteiger partial charge on any atom is 0.311 e. The van der Waals surface area contributed by atoms with Gasteiger partial charge in [-0.2, -0.15) is 5.26 Å². The minimum atomic E-state index is -0.572. The average molecular weight is 592 g/mol. The number of carbonyl (C=O) groups is 1. The highest BCUT2D eigenvalue weighted by atomic mass is 16.6. The molecule has 4 aromatic heterocycles. The molecule has 0 saturated carbocycles. The number of nitrogens with one attached hydrogen (secondary N) is 3. The molecule has 5 N–H and O–H groups in total. The fourth-order valence-corrected chi connectivity index (χ4v) is 4.50. The molecule has 44 heavy (non-hydrogen) atoms. The van der Waals surface area contributed by atoms with Crippen molar-refractivity contribution in [2.24, 2.45) is 0 Å². The molecule has 0 aliphatic heterocycles. The Morgan fingerprint density at radius 3 is 2.50 bits per heavy atom. The summed E-state index contributed by atoms with van der Waals surface area (Å²) in [5.41, 5.74) is 9.09. The van der Waals surface area contributed by atoms with Gasteiger partial charge in [-0.25, -0.2) is 15.0 Å². The number of amides is 1. The van der Waals surface area contributed by atoms with Gasteiger partial charge in [-0.15, -0.1) is 0 Å². The zero-order valence-corrected chi connectivity index (χ0v) is 23.6. The summed E-state index contributed by atoms with van der Waals surface area (Å²) < 4.78 is 3.87. The lowest BCUT2D eigenvalue weighted by atomic mass is 10.0. The van der Waals surface area contributed by atoms with E-state index in [9.17, 15) is 14.9 Å². The van der Waals surface area contributed by atoms with Gasteiger partial charge in [0.1, 0.15) is 17.7 Å². The third kappa shape index (κ3) is 7.15. The van der Waals surface area contributed by atoms with Crippen molar-refractivity contribution in [2.45, 2.75) is 13.0 Å². The van der Waals surface area contributed by atoms with Gasteiger partial charge in [0, 0.05) is 74.5 Å². The molecule has 14 nitrogen and oxygen atoms in total. The number of pyridine rings is 2. The van der Waals surface area contributed by atoms with Crippen LogP contribution in [0.25, 0.3) is 16.8 Å². The summed E-state index contributed by atoms with van der Waals surface area (Å²) >= 11 is 0. The number of nitrogens with two attached hydrogens (primary N) is 1. The predicted molar refractivity (Wildman–Crippen MR) is 165 cm³/mol. The lowest BCUT2D eigenvalue weighted by Gasteiger charge is -2.09. The normalized spacial score (nSPS) is 10.6. The van der Waals surface area contributed by atoms with Crippen molar-refractivity contribution in [3.8, 4) is 22.9 Å². The number of nitro groups is 1. The molecule has 0 spiro atoms. The average Bonchev–Trinajstić information content (AvgIpc) is 3.73. The smallest absolute Gasteiger partial charge is 0.311 e. The first kappa shape index (κ1) is 29.3. The van der Waals surface area contributed by atoms with Crippen LogP contribution in [0.3, 0.4) is 0 Å². The Balaban J connectivity index is 1.24. The largest absolute Gasteiger partial charge is 0.378 e. The second-order valence-corrected chi connectivity index (χ2v) is 9.71. The van der Waals surface area contributed by atoms with Crippen molar-refractivity contribution >= 4 is 29.0 Å². The second kappa shape index (κ2) is 13.6. The van der Waals surface area contributed by atoms with Crippen LogP contribution < -0.4 is 21.7 Å². The molecule has 0 saturated heterocycles. The quantitative estimate of drug-likeness (QED) is 0.0887. The SMILES string of the molecule is N#Cc1ccc(NCCNC(=O)c2cn(CCCNc3ccc([N+](=O)[O-])c(N)n3)cc2-c2ccc(-n3ccnc3)cc2)nc1. The number of aromatic nitrogens is 5. The highest BCUT2D eigenvalue weighted by Gasteiger charge is 2.17. The van der Waals surface area contributed by atoms with Crippen LogP contribution in [-0.2, 0) is 6.54 Å². The fraction of sp³-hybridized carbons (Fsp3) is 0.167. The van der Waals surface area contributed by atoms with Gasteiger partial charge in [-0.05, 0) is 42.3 Å². The molecular weight excluding hydrogens is 562 g/mol. The Morgan fingerprint density at radius 1 is 1.02 bits per heavy atom. The van der Waals surface area contributed by atoms with E-state index in [0.29, 0.717) is 55.4 Å². The van der Waals surface area contributed by atoms with E-state index in [0.717, 1.165) is 16.8 Å². The highest BCUT2D eigenvalue weighted by Crippen LogP contribution is 2.27. The van der Waals surface area contributed by atoms with Crippen LogP contribution >= 0.6 is 0 Å². The Morgan fingerprint density at radius 2 is 1.82 bits per heavy atom. The van der Waals surface area contributed by atoms with Crippen molar-refractivity contribution < 1.29 is 9.72 Å². The van der Waals surface area contributed by atoms with E-state index < -0.39 is 4.92 Å². The molecule has 222 valence electrons. The first-order valence-electron chi connectivity index (χ1n) is 13.7. The van der Waals surface area contributed by atoms with E-state index >= 15 is 0 Å². The molecule has 0 fully saturated rings. The molecule has 1 amide bonds. The van der Waals surface area contributed by atoms with Gasteiger partial charge < -0.3 is 30.8 Å². The molecule has 5 aromatic rings. The number of rotatable bonds is 13. The van der Waals surface area contributed by atoms with Gasteiger partial charge in [0.2, 0.25) is 5.82 Å². The van der Waals surface area contributed by atoms with E-state index in [2.05, 4.69) is 30.9 Å². The van der Waals surface area contributed by atoms with Crippen LogP contribution in [0.4, 0.5) is 23.1 Å². The zero-order chi connectivity index (χ0) is 30.9. The summed E-state index contributed by atoms with van der Waals surface area (Å²) in [5, 5.41) is 29.1. The summed E-state index contributed by atoms with van der Waals surface area (Å²) in [6.45, 7) is 1.95. The summed E-state index contributed by atoms with van der Waals surface area (Å²) in [6.07, 6.45) is 11.2. The number of hydrogen-bond acceptors (Lipinski definition) is 10. The van der Waals surface area contributed by atoms with Gasteiger partial charge in [-0.3, -0.25) is 14.9 Å². The van der Waals surface area contributed by atoms with E-state index in [1.54, 1.807) is 24.7 Å². The Kier molecular flexibility index (Phi) is 9.06. The maximum atomic E-state index is 13.3. The third-order valence-corrected chi connectivity index (χ3v) is 6.71. The number of benzene rings is 1. The van der Waals surface area contributed by atoms with E-state index in [1.807, 2.05) is 58.1 Å². The number of nitriles is 1. The Labute approximate surface area is 252 Å². The molecule has 0 bridgehead atoms. The molecule has 14 heteroatoms. The van der Waals surface area contributed by atoms with E-state index in [-0.39, 0.29) is 17.4 Å². The van der Waals surface area contributed by atoms with Gasteiger partial charge >= 0.3 is 5.69 Å². The van der Waals surface area contributed by atoms with E-state index in [4.69, 9.17) is 11.0 Å². The van der Waals surface area contributed by atoms with Crippen molar-refractivity contribution in [3.63, 3.8) is 0 Å². The number of aryl methyl sites for hydroxylation is 1. The molecular formula is C30H29N11O3. The van der Waals surface area contributed by atoms with Gasteiger partial charge in [0.15, 0.2) is 0 Å². The first-order valence-corrected chi connectivity index (χ1v) is 13.7. The summed E-state index contributed by atoms with van der Waals surface area (Å²) in [6, 6.07) is 16.1. The minimum Gasteiger partial charge on any atom is -0.378 e. The molecule has 0 aliphatic rings. The third-order valence-electron chi connectivity index (χ3n) is 6.71. The minimum absolute atomic E-state index is 0.145. The molecule has 0 aliphatic carbocycles. The molecule has 1 aromatic carbocycles. The van der Waals surface area contributed by atoms with Crippen LogP contribution in [0.5, 0.6) is 0 Å². The summed E-state index contributed by atoms with van der Waals surface area (Å²) in [4.78, 5) is 36.0. The van der Waals surface area contributed by atoms with Crippen molar-refractivity contribution in [2.75, 3.05) is 36.0 Å². The number of nitrogens with zero attached hydrogens (tertiary/aromatic N) is 7. The molecule has 4 heterocycles. The van der Waals surface area contributed by atoms with Crippen LogP contribution in [0.15, 0.2) is 85.8 Å². The number of hydrogen-bond donors (Lipinski definition) is 4. The summed E-state index contributed by atoms with van der Waals surface area (Å²) in [7, 11) is 0. The van der Waals surface area contributed by atoms with Crippen LogP contribution in [0.1, 0.15) is 22.3 Å². The number of imidazole rings is 1. The number of nitrogen functional groups attached to an aromatic ring is 1. The van der Waals surface area contributed by atoms with E-state index in [1.165, 1.54) is 18.3 Å². The van der Waals surface area contributed by atoms with Crippen LogP contribution in [0, 0.1) is 21.4 Å². The predicted octanol–water partition coefficient (Wildman–Crippen LogP) is 3.84. The fourth-order valence-electron chi connectivity index (χ4n) is 4.50. The monoisotopic (exact) mass is 591 g/mol. The second-order valence-electron chi connectivity index (χ2n) is 9.71. The molecule has 0 radical (unpaired) electrons. The Bertz CT molecular complexity index is 1770. The number of anilines is 3. The van der Waals surface area contributed by atoms with Gasteiger partial charge in [0.05, 0.1) is 22.4 Å². The van der Waals surface area contributed by atoms with Gasteiger partial charge in [0.25, 0.3) is 5.91 Å². The highest BCUT2D eigenvalue weighted by molar-refractivity contribution is 6.01.